The van der Waals surface area contributed by atoms with Gasteiger partial charge in [0.2, 0.25) is 11.8 Å². The van der Waals surface area contributed by atoms with Crippen LogP contribution in [-0.4, -0.2) is 36.3 Å². The van der Waals surface area contributed by atoms with Crippen LogP contribution in [0.25, 0.3) is 0 Å². The molecule has 0 aliphatic carbocycles. The Balaban J connectivity index is 4.16. The first-order valence-corrected chi connectivity index (χ1v) is 6.27. The van der Waals surface area contributed by atoms with Crippen LogP contribution in [0.2, 0.25) is 0 Å². The second-order valence-corrected chi connectivity index (χ2v) is 4.51. The molecule has 100 valence electrons. The second-order valence-electron chi connectivity index (χ2n) is 4.51. The highest BCUT2D eigenvalue weighted by atomic mass is 16.2. The van der Waals surface area contributed by atoms with Gasteiger partial charge in [0.1, 0.15) is 0 Å². The number of carbonyl (C=O) groups is 2. The molecule has 4 N–H and O–H groups in total. The zero-order valence-corrected chi connectivity index (χ0v) is 10.9. The summed E-state index contributed by atoms with van der Waals surface area (Å²) in [6.45, 7) is 5.27. The van der Waals surface area contributed by atoms with Crippen molar-refractivity contribution in [1.82, 2.24) is 4.90 Å². The normalized spacial score (nSPS) is 12.2. The maximum absolute atomic E-state index is 11.9. The van der Waals surface area contributed by atoms with Gasteiger partial charge in [0.15, 0.2) is 0 Å². The Labute approximate surface area is 104 Å². The summed E-state index contributed by atoms with van der Waals surface area (Å²) in [5.74, 6) is -0.126. The van der Waals surface area contributed by atoms with Crippen LogP contribution in [0.1, 0.15) is 39.5 Å². The Bertz CT molecular complexity index is 244. The van der Waals surface area contributed by atoms with E-state index in [0.29, 0.717) is 25.4 Å². The number of amides is 2. The zero-order valence-electron chi connectivity index (χ0n) is 10.9. The SMILES string of the molecule is CCCCN(CC(N)=O)C(=O)CCC(C)CN. The number of nitrogens with zero attached hydrogens (tertiary/aromatic N) is 1. The van der Waals surface area contributed by atoms with E-state index in [-0.39, 0.29) is 12.5 Å². The Hall–Kier alpha value is -1.10. The quantitative estimate of drug-likeness (QED) is 0.617. The fraction of sp³-hybridized carbons (Fsp3) is 0.833. The number of rotatable bonds is 9. The number of primary amides is 1. The highest BCUT2D eigenvalue weighted by molar-refractivity contribution is 5.83. The summed E-state index contributed by atoms with van der Waals surface area (Å²) < 4.78 is 0. The number of hydrogen-bond donors (Lipinski definition) is 2. The Morgan fingerprint density at radius 1 is 1.35 bits per heavy atom. The van der Waals surface area contributed by atoms with E-state index in [1.54, 1.807) is 4.90 Å². The molecule has 0 aliphatic rings. The maximum atomic E-state index is 11.9. The lowest BCUT2D eigenvalue weighted by Gasteiger charge is -2.21. The molecule has 5 heteroatoms. The van der Waals surface area contributed by atoms with Gasteiger partial charge in [-0.1, -0.05) is 20.3 Å². The number of nitrogens with two attached hydrogens (primary N) is 2. The fourth-order valence-electron chi connectivity index (χ4n) is 1.47. The van der Waals surface area contributed by atoms with E-state index in [1.807, 2.05) is 13.8 Å². The molecule has 0 spiro atoms. The summed E-state index contributed by atoms with van der Waals surface area (Å²) in [5.41, 5.74) is 10.6. The van der Waals surface area contributed by atoms with Gasteiger partial charge < -0.3 is 16.4 Å². The lowest BCUT2D eigenvalue weighted by atomic mass is 10.1. The van der Waals surface area contributed by atoms with E-state index >= 15 is 0 Å². The van der Waals surface area contributed by atoms with Gasteiger partial charge in [0.05, 0.1) is 6.54 Å². The number of unbranched alkanes of at least 4 members (excludes halogenated alkanes) is 1. The molecule has 0 radical (unpaired) electrons. The lowest BCUT2D eigenvalue weighted by molar-refractivity contribution is -0.135. The van der Waals surface area contributed by atoms with Crippen molar-refractivity contribution in [2.45, 2.75) is 39.5 Å². The summed E-state index contributed by atoms with van der Waals surface area (Å²) in [6, 6.07) is 0. The summed E-state index contributed by atoms with van der Waals surface area (Å²) >= 11 is 0. The third-order valence-electron chi connectivity index (χ3n) is 2.73. The van der Waals surface area contributed by atoms with Crippen molar-refractivity contribution in [2.24, 2.45) is 17.4 Å². The summed E-state index contributed by atoms with van der Waals surface area (Å²) in [7, 11) is 0. The molecule has 0 bridgehead atoms. The molecule has 1 atom stereocenters. The Kier molecular flexibility index (Phi) is 8.40. The van der Waals surface area contributed by atoms with Gasteiger partial charge in [-0.15, -0.1) is 0 Å². The van der Waals surface area contributed by atoms with Gasteiger partial charge in [-0.25, -0.2) is 0 Å². The minimum Gasteiger partial charge on any atom is -0.368 e. The summed E-state index contributed by atoms with van der Waals surface area (Å²) in [6.07, 6.45) is 3.08. The molecule has 1 unspecified atom stereocenters. The van der Waals surface area contributed by atoms with Crippen molar-refractivity contribution in [3.05, 3.63) is 0 Å². The van der Waals surface area contributed by atoms with Gasteiger partial charge in [0, 0.05) is 13.0 Å². The highest BCUT2D eigenvalue weighted by Crippen LogP contribution is 2.07. The van der Waals surface area contributed by atoms with E-state index in [9.17, 15) is 9.59 Å². The minimum atomic E-state index is -0.457. The van der Waals surface area contributed by atoms with Crippen LogP contribution in [-0.2, 0) is 9.59 Å². The molecule has 0 saturated heterocycles. The van der Waals surface area contributed by atoms with Crippen molar-refractivity contribution in [3.8, 4) is 0 Å². The van der Waals surface area contributed by atoms with Crippen molar-refractivity contribution in [1.29, 1.82) is 0 Å². The van der Waals surface area contributed by atoms with E-state index in [4.69, 9.17) is 11.5 Å². The van der Waals surface area contributed by atoms with E-state index in [1.165, 1.54) is 0 Å². The van der Waals surface area contributed by atoms with Crippen LogP contribution in [0, 0.1) is 5.92 Å². The topological polar surface area (TPSA) is 89.4 Å². The molecule has 5 nitrogen and oxygen atoms in total. The lowest BCUT2D eigenvalue weighted by Crippen LogP contribution is -2.39. The molecule has 17 heavy (non-hydrogen) atoms. The summed E-state index contributed by atoms with van der Waals surface area (Å²) in [4.78, 5) is 24.3. The molecular weight excluding hydrogens is 218 g/mol. The monoisotopic (exact) mass is 243 g/mol. The predicted octanol–water partition coefficient (Wildman–Crippen LogP) is 0.475. The largest absolute Gasteiger partial charge is 0.368 e. The van der Waals surface area contributed by atoms with Gasteiger partial charge in [0.25, 0.3) is 0 Å². The average Bonchev–Trinajstić information content (AvgIpc) is 2.30. The standard InChI is InChI=1S/C12H25N3O2/c1-3-4-7-15(9-11(14)16)12(17)6-5-10(2)8-13/h10H,3-9,13H2,1-2H3,(H2,14,16). The molecule has 0 aromatic heterocycles. The molecule has 0 aromatic rings. The molecule has 0 aliphatic heterocycles. The molecule has 0 fully saturated rings. The van der Waals surface area contributed by atoms with E-state index < -0.39 is 5.91 Å². The van der Waals surface area contributed by atoms with E-state index in [2.05, 4.69) is 0 Å². The minimum absolute atomic E-state index is 0.00227. The van der Waals surface area contributed by atoms with Crippen LogP contribution < -0.4 is 11.5 Å². The van der Waals surface area contributed by atoms with E-state index in [0.717, 1.165) is 19.3 Å². The molecule has 0 heterocycles. The van der Waals surface area contributed by atoms with Gasteiger partial charge in [-0.3, -0.25) is 9.59 Å². The van der Waals surface area contributed by atoms with Crippen LogP contribution in [0.4, 0.5) is 0 Å². The van der Waals surface area contributed by atoms with Crippen molar-refractivity contribution in [2.75, 3.05) is 19.6 Å². The average molecular weight is 243 g/mol. The van der Waals surface area contributed by atoms with Crippen LogP contribution >= 0.6 is 0 Å². The third-order valence-corrected chi connectivity index (χ3v) is 2.73. The predicted molar refractivity (Wildman–Crippen MR) is 68.1 cm³/mol. The van der Waals surface area contributed by atoms with Gasteiger partial charge >= 0.3 is 0 Å². The van der Waals surface area contributed by atoms with Crippen LogP contribution in [0.3, 0.4) is 0 Å². The summed E-state index contributed by atoms with van der Waals surface area (Å²) in [5, 5.41) is 0. The maximum Gasteiger partial charge on any atom is 0.237 e. The fourth-order valence-corrected chi connectivity index (χ4v) is 1.47. The van der Waals surface area contributed by atoms with Gasteiger partial charge in [-0.2, -0.15) is 0 Å². The molecule has 0 aromatic carbocycles. The first-order valence-electron chi connectivity index (χ1n) is 6.27. The van der Waals surface area contributed by atoms with Crippen molar-refractivity contribution in [3.63, 3.8) is 0 Å². The Morgan fingerprint density at radius 2 is 2.00 bits per heavy atom. The van der Waals surface area contributed by atoms with Crippen LogP contribution in [0.15, 0.2) is 0 Å². The molecule has 0 saturated carbocycles. The molecule has 2 amide bonds. The first-order chi connectivity index (χ1) is 8.01. The second kappa shape index (κ2) is 8.98. The van der Waals surface area contributed by atoms with Gasteiger partial charge in [-0.05, 0) is 25.3 Å². The Morgan fingerprint density at radius 3 is 2.47 bits per heavy atom. The van der Waals surface area contributed by atoms with Crippen molar-refractivity contribution < 1.29 is 9.59 Å². The first kappa shape index (κ1) is 15.9. The highest BCUT2D eigenvalue weighted by Gasteiger charge is 2.15. The number of carbonyl (C=O) groups excluding carboxylic acids is 2. The molecule has 0 rings (SSSR count). The van der Waals surface area contributed by atoms with Crippen molar-refractivity contribution >= 4 is 11.8 Å². The third kappa shape index (κ3) is 7.74. The zero-order chi connectivity index (χ0) is 13.3. The molecular formula is C12H25N3O2. The van der Waals surface area contributed by atoms with Crippen LogP contribution in [0.5, 0.6) is 0 Å². The number of hydrogen-bond acceptors (Lipinski definition) is 3. The smallest absolute Gasteiger partial charge is 0.237 e.